The average Bonchev–Trinajstić information content (AvgIpc) is 2.78. The molecule has 0 atom stereocenters. The van der Waals surface area contributed by atoms with E-state index in [0.29, 0.717) is 12.1 Å². The summed E-state index contributed by atoms with van der Waals surface area (Å²) < 4.78 is 1.98. The monoisotopic (exact) mass is 234 g/mol. The van der Waals surface area contributed by atoms with E-state index in [1.165, 1.54) is 11.9 Å². The Morgan fingerprint density at radius 3 is 2.83 bits per heavy atom. The van der Waals surface area contributed by atoms with Crippen LogP contribution in [0.1, 0.15) is 11.1 Å². The number of fused-ring (bicyclic) bond motifs is 1. The van der Waals surface area contributed by atoms with Gasteiger partial charge in [0.05, 0.1) is 10.9 Å². The molecule has 0 N–H and O–H groups in total. The second-order valence-corrected chi connectivity index (χ2v) is 4.03. The summed E-state index contributed by atoms with van der Waals surface area (Å²) in [6.45, 7) is 0.704. The van der Waals surface area contributed by atoms with E-state index in [9.17, 15) is 0 Å². The molecule has 18 heavy (non-hydrogen) atoms. The molecule has 2 aromatic heterocycles. The van der Waals surface area contributed by atoms with Gasteiger partial charge in [-0.15, -0.1) is 0 Å². The lowest BCUT2D eigenvalue weighted by Gasteiger charge is -2.03. The molecule has 0 aliphatic rings. The summed E-state index contributed by atoms with van der Waals surface area (Å²) >= 11 is 0. The van der Waals surface area contributed by atoms with Gasteiger partial charge in [-0.25, -0.2) is 9.97 Å². The van der Waals surface area contributed by atoms with Gasteiger partial charge < -0.3 is 4.57 Å². The van der Waals surface area contributed by atoms with Crippen LogP contribution in [0.25, 0.3) is 11.0 Å². The fraction of sp³-hybridized carbons (Fsp3) is 0.0714. The first-order valence-electron chi connectivity index (χ1n) is 5.61. The zero-order valence-electron chi connectivity index (χ0n) is 9.61. The van der Waals surface area contributed by atoms with Gasteiger partial charge in [-0.3, -0.25) is 0 Å². The van der Waals surface area contributed by atoms with E-state index in [1.807, 2.05) is 29.0 Å². The van der Waals surface area contributed by atoms with Gasteiger partial charge in [-0.1, -0.05) is 30.3 Å². The molecular formula is C14H10N4. The Morgan fingerprint density at radius 2 is 2.06 bits per heavy atom. The fourth-order valence-electron chi connectivity index (χ4n) is 2.02. The topological polar surface area (TPSA) is 54.5 Å². The van der Waals surface area contributed by atoms with Gasteiger partial charge in [0.25, 0.3) is 0 Å². The van der Waals surface area contributed by atoms with Crippen molar-refractivity contribution >= 4 is 11.0 Å². The van der Waals surface area contributed by atoms with Gasteiger partial charge in [0.15, 0.2) is 0 Å². The molecule has 4 nitrogen and oxygen atoms in total. The highest BCUT2D eigenvalue weighted by Gasteiger charge is 2.09. The number of nitriles is 1. The van der Waals surface area contributed by atoms with Crippen LogP contribution in [-0.4, -0.2) is 14.5 Å². The minimum absolute atomic E-state index is 0.613. The highest BCUT2D eigenvalue weighted by atomic mass is 15.0. The molecule has 0 unspecified atom stereocenters. The summed E-state index contributed by atoms with van der Waals surface area (Å²) in [5, 5.41) is 9.90. The van der Waals surface area contributed by atoms with Crippen LogP contribution in [-0.2, 0) is 6.54 Å². The summed E-state index contributed by atoms with van der Waals surface area (Å²) in [7, 11) is 0. The van der Waals surface area contributed by atoms with Crippen molar-refractivity contribution in [3.63, 3.8) is 0 Å². The second-order valence-electron chi connectivity index (χ2n) is 4.03. The van der Waals surface area contributed by atoms with Crippen LogP contribution >= 0.6 is 0 Å². The third kappa shape index (κ3) is 1.72. The predicted octanol–water partition coefficient (Wildman–Crippen LogP) is 2.35. The predicted molar refractivity (Wildman–Crippen MR) is 67.8 cm³/mol. The van der Waals surface area contributed by atoms with Crippen molar-refractivity contribution in [1.82, 2.24) is 14.5 Å². The highest BCUT2D eigenvalue weighted by Crippen LogP contribution is 2.18. The number of hydrogen-bond acceptors (Lipinski definition) is 3. The molecule has 86 valence electrons. The molecule has 3 rings (SSSR count). The van der Waals surface area contributed by atoms with E-state index in [0.717, 1.165) is 11.0 Å². The van der Waals surface area contributed by atoms with Gasteiger partial charge in [0.1, 0.15) is 18.0 Å². The standard InChI is InChI=1S/C14H10N4/c15-6-12-9-18(8-11-4-2-1-3-5-11)14-13(12)7-16-10-17-14/h1-5,7,9-10H,8H2. The van der Waals surface area contributed by atoms with Crippen molar-refractivity contribution < 1.29 is 0 Å². The first-order chi connectivity index (χ1) is 8.88. The Hall–Kier alpha value is -2.67. The van der Waals surface area contributed by atoms with Crippen molar-refractivity contribution in [2.45, 2.75) is 6.54 Å². The maximum Gasteiger partial charge on any atom is 0.144 e. The van der Waals surface area contributed by atoms with Gasteiger partial charge in [-0.05, 0) is 5.56 Å². The van der Waals surface area contributed by atoms with E-state index in [2.05, 4.69) is 28.2 Å². The van der Waals surface area contributed by atoms with Crippen LogP contribution in [0, 0.1) is 11.3 Å². The van der Waals surface area contributed by atoms with Crippen molar-refractivity contribution in [1.29, 1.82) is 5.26 Å². The number of hydrogen-bond donors (Lipinski definition) is 0. The molecule has 0 saturated carbocycles. The Bertz CT molecular complexity index is 722. The summed E-state index contributed by atoms with van der Waals surface area (Å²) in [4.78, 5) is 8.21. The van der Waals surface area contributed by atoms with Crippen LogP contribution in [0.4, 0.5) is 0 Å². The van der Waals surface area contributed by atoms with Crippen LogP contribution < -0.4 is 0 Å². The molecule has 0 spiro atoms. The van der Waals surface area contributed by atoms with Crippen LogP contribution in [0.5, 0.6) is 0 Å². The van der Waals surface area contributed by atoms with Crippen LogP contribution in [0.2, 0.25) is 0 Å². The van der Waals surface area contributed by atoms with E-state index in [1.54, 1.807) is 6.20 Å². The molecule has 2 heterocycles. The minimum atomic E-state index is 0.613. The molecule has 3 aromatic rings. The first kappa shape index (κ1) is 10.5. The molecule has 1 aromatic carbocycles. The minimum Gasteiger partial charge on any atom is -0.327 e. The molecule has 0 fully saturated rings. The summed E-state index contributed by atoms with van der Waals surface area (Å²) in [6, 6.07) is 12.3. The Balaban J connectivity index is 2.11. The van der Waals surface area contributed by atoms with Gasteiger partial charge >= 0.3 is 0 Å². The molecule has 4 heteroatoms. The van der Waals surface area contributed by atoms with Crippen molar-refractivity contribution in [2.75, 3.05) is 0 Å². The average molecular weight is 234 g/mol. The summed E-state index contributed by atoms with van der Waals surface area (Å²) in [5.74, 6) is 0. The normalized spacial score (nSPS) is 10.4. The van der Waals surface area contributed by atoms with Gasteiger partial charge in [0.2, 0.25) is 0 Å². The Morgan fingerprint density at radius 1 is 1.22 bits per heavy atom. The first-order valence-corrected chi connectivity index (χ1v) is 5.61. The quantitative estimate of drug-likeness (QED) is 0.684. The number of benzene rings is 1. The van der Waals surface area contributed by atoms with Gasteiger partial charge in [-0.2, -0.15) is 5.26 Å². The van der Waals surface area contributed by atoms with Crippen molar-refractivity contribution in [3.05, 3.63) is 60.2 Å². The maximum absolute atomic E-state index is 9.10. The number of aromatic nitrogens is 3. The van der Waals surface area contributed by atoms with E-state index in [4.69, 9.17) is 5.26 Å². The molecule has 0 radical (unpaired) electrons. The fourth-order valence-corrected chi connectivity index (χ4v) is 2.02. The van der Waals surface area contributed by atoms with Crippen molar-refractivity contribution in [2.24, 2.45) is 0 Å². The third-order valence-electron chi connectivity index (χ3n) is 2.85. The van der Waals surface area contributed by atoms with E-state index < -0.39 is 0 Å². The smallest absolute Gasteiger partial charge is 0.144 e. The largest absolute Gasteiger partial charge is 0.327 e. The molecule has 0 aliphatic carbocycles. The lowest BCUT2D eigenvalue weighted by molar-refractivity contribution is 0.822. The van der Waals surface area contributed by atoms with E-state index >= 15 is 0 Å². The highest BCUT2D eigenvalue weighted by molar-refractivity contribution is 5.82. The Labute approximate surface area is 104 Å². The molecule has 0 bridgehead atoms. The lowest BCUT2D eigenvalue weighted by atomic mass is 10.2. The Kier molecular flexibility index (Phi) is 2.50. The molecule has 0 aliphatic heterocycles. The van der Waals surface area contributed by atoms with Crippen LogP contribution in [0.15, 0.2) is 49.1 Å². The molecular weight excluding hydrogens is 224 g/mol. The summed E-state index contributed by atoms with van der Waals surface area (Å²) in [6.07, 6.45) is 5.01. The zero-order valence-corrected chi connectivity index (χ0v) is 9.61. The SMILES string of the molecule is N#Cc1cn(Cc2ccccc2)c2ncncc12. The number of rotatable bonds is 2. The number of nitrogens with zero attached hydrogens (tertiary/aromatic N) is 4. The summed E-state index contributed by atoms with van der Waals surface area (Å²) in [5.41, 5.74) is 2.59. The maximum atomic E-state index is 9.10. The zero-order chi connectivity index (χ0) is 12.4. The molecule has 0 amide bonds. The lowest BCUT2D eigenvalue weighted by Crippen LogP contribution is -1.98. The van der Waals surface area contributed by atoms with E-state index in [-0.39, 0.29) is 0 Å². The van der Waals surface area contributed by atoms with Crippen LogP contribution in [0.3, 0.4) is 0 Å². The van der Waals surface area contributed by atoms with Gasteiger partial charge in [0, 0.05) is 18.9 Å². The molecule has 0 saturated heterocycles. The second kappa shape index (κ2) is 4.30. The third-order valence-corrected chi connectivity index (χ3v) is 2.85. The van der Waals surface area contributed by atoms with Crippen molar-refractivity contribution in [3.8, 4) is 6.07 Å².